The summed E-state index contributed by atoms with van der Waals surface area (Å²) in [5.41, 5.74) is 1.87. The minimum atomic E-state index is -0.269. The van der Waals surface area contributed by atoms with Crippen molar-refractivity contribution in [2.45, 2.75) is 26.7 Å². The molecule has 0 aliphatic carbocycles. The lowest BCUT2D eigenvalue weighted by atomic mass is 9.88. The molecule has 0 spiro atoms. The summed E-state index contributed by atoms with van der Waals surface area (Å²) in [6.07, 6.45) is 1.16. The molecule has 0 unspecified atom stereocenters. The van der Waals surface area contributed by atoms with E-state index < -0.39 is 0 Å². The quantitative estimate of drug-likeness (QED) is 0.796. The molecule has 0 saturated carbocycles. The summed E-state index contributed by atoms with van der Waals surface area (Å²) in [5, 5.41) is 0. The molecule has 1 aromatic rings. The lowest BCUT2D eigenvalue weighted by Crippen LogP contribution is -2.40. The van der Waals surface area contributed by atoms with Crippen LogP contribution in [0.2, 0.25) is 0 Å². The van der Waals surface area contributed by atoms with Gasteiger partial charge in [-0.3, -0.25) is 4.79 Å². The van der Waals surface area contributed by atoms with Crippen molar-refractivity contribution >= 4 is 11.9 Å². The molecule has 2 rings (SSSR count). The summed E-state index contributed by atoms with van der Waals surface area (Å²) < 4.78 is 4.98. The molecule has 20 heavy (non-hydrogen) atoms. The number of nitrogens with zero attached hydrogens (tertiary/aromatic N) is 1. The zero-order valence-electron chi connectivity index (χ0n) is 12.1. The molecule has 1 aliphatic rings. The van der Waals surface area contributed by atoms with Gasteiger partial charge < -0.3 is 9.64 Å². The van der Waals surface area contributed by atoms with E-state index in [0.29, 0.717) is 32.5 Å². The summed E-state index contributed by atoms with van der Waals surface area (Å²) in [6, 6.07) is 7.70. The van der Waals surface area contributed by atoms with Gasteiger partial charge in [-0.05, 0) is 32.8 Å². The van der Waals surface area contributed by atoms with Gasteiger partial charge in [0, 0.05) is 24.6 Å². The summed E-state index contributed by atoms with van der Waals surface area (Å²) in [4.78, 5) is 25.7. The average Bonchev–Trinajstić information content (AvgIpc) is 2.47. The first-order chi connectivity index (χ1) is 9.61. The van der Waals surface area contributed by atoms with Crippen molar-refractivity contribution in [2.24, 2.45) is 5.92 Å². The van der Waals surface area contributed by atoms with Crippen molar-refractivity contribution in [3.8, 4) is 0 Å². The van der Waals surface area contributed by atoms with Crippen LogP contribution in [-0.4, -0.2) is 36.5 Å². The molecule has 4 heteroatoms. The van der Waals surface area contributed by atoms with E-state index in [9.17, 15) is 9.59 Å². The fourth-order valence-electron chi connectivity index (χ4n) is 2.57. The standard InChI is InChI=1S/C16H21NO3/c1-3-20-16(19)17-9-7-13(8-10-17)15(18)14-6-4-5-12(2)11-14/h4-6,11,13H,3,7-10H2,1-2H3. The third kappa shape index (κ3) is 3.38. The van der Waals surface area contributed by atoms with Crippen LogP contribution in [0.3, 0.4) is 0 Å². The molecule has 1 heterocycles. The van der Waals surface area contributed by atoms with E-state index in [-0.39, 0.29) is 17.8 Å². The highest BCUT2D eigenvalue weighted by Crippen LogP contribution is 2.22. The number of carbonyl (C=O) groups is 2. The molecule has 1 fully saturated rings. The first kappa shape index (κ1) is 14.6. The SMILES string of the molecule is CCOC(=O)N1CCC(C(=O)c2cccc(C)c2)CC1. The van der Waals surface area contributed by atoms with Gasteiger partial charge in [0.2, 0.25) is 0 Å². The topological polar surface area (TPSA) is 46.6 Å². The number of aryl methyl sites for hydroxylation is 1. The zero-order valence-corrected chi connectivity index (χ0v) is 12.1. The number of ether oxygens (including phenoxy) is 1. The van der Waals surface area contributed by atoms with Crippen LogP contribution >= 0.6 is 0 Å². The van der Waals surface area contributed by atoms with Gasteiger partial charge in [-0.1, -0.05) is 23.8 Å². The zero-order chi connectivity index (χ0) is 14.5. The summed E-state index contributed by atoms with van der Waals surface area (Å²) in [6.45, 7) is 5.37. The Bertz CT molecular complexity index is 490. The number of rotatable bonds is 3. The van der Waals surface area contributed by atoms with Crippen molar-refractivity contribution in [3.63, 3.8) is 0 Å². The Morgan fingerprint density at radius 2 is 2.00 bits per heavy atom. The van der Waals surface area contributed by atoms with E-state index in [4.69, 9.17) is 4.74 Å². The van der Waals surface area contributed by atoms with Gasteiger partial charge in [-0.25, -0.2) is 4.79 Å². The molecular weight excluding hydrogens is 254 g/mol. The molecule has 1 aromatic carbocycles. The largest absolute Gasteiger partial charge is 0.450 e. The van der Waals surface area contributed by atoms with Gasteiger partial charge in [0.15, 0.2) is 5.78 Å². The fraction of sp³-hybridized carbons (Fsp3) is 0.500. The maximum atomic E-state index is 12.4. The van der Waals surface area contributed by atoms with Crippen LogP contribution in [0.15, 0.2) is 24.3 Å². The number of hydrogen-bond acceptors (Lipinski definition) is 3. The van der Waals surface area contributed by atoms with Gasteiger partial charge in [0.05, 0.1) is 6.61 Å². The predicted molar refractivity (Wildman–Crippen MR) is 76.8 cm³/mol. The lowest BCUT2D eigenvalue weighted by Gasteiger charge is -2.30. The van der Waals surface area contributed by atoms with Crippen molar-refractivity contribution in [2.75, 3.05) is 19.7 Å². The van der Waals surface area contributed by atoms with E-state index >= 15 is 0 Å². The van der Waals surface area contributed by atoms with E-state index in [2.05, 4.69) is 0 Å². The molecule has 0 bridgehead atoms. The average molecular weight is 275 g/mol. The van der Waals surface area contributed by atoms with E-state index in [1.165, 1.54) is 0 Å². The molecule has 0 radical (unpaired) electrons. The number of carbonyl (C=O) groups excluding carboxylic acids is 2. The Hall–Kier alpha value is -1.84. The molecule has 0 aromatic heterocycles. The van der Waals surface area contributed by atoms with Crippen LogP contribution in [0, 0.1) is 12.8 Å². The third-order valence-electron chi connectivity index (χ3n) is 3.69. The number of amides is 1. The maximum absolute atomic E-state index is 12.4. The first-order valence-corrected chi connectivity index (χ1v) is 7.14. The highest BCUT2D eigenvalue weighted by Gasteiger charge is 2.28. The molecule has 0 atom stereocenters. The molecule has 0 N–H and O–H groups in total. The molecule has 4 nitrogen and oxygen atoms in total. The van der Waals surface area contributed by atoms with Crippen LogP contribution in [0.4, 0.5) is 4.79 Å². The van der Waals surface area contributed by atoms with Crippen molar-refractivity contribution < 1.29 is 14.3 Å². The molecule has 1 amide bonds. The third-order valence-corrected chi connectivity index (χ3v) is 3.69. The van der Waals surface area contributed by atoms with Crippen molar-refractivity contribution in [1.82, 2.24) is 4.90 Å². The summed E-state index contributed by atoms with van der Waals surface area (Å²) in [5.74, 6) is 0.208. The fourth-order valence-corrected chi connectivity index (χ4v) is 2.57. The highest BCUT2D eigenvalue weighted by atomic mass is 16.6. The van der Waals surface area contributed by atoms with E-state index in [1.807, 2.05) is 31.2 Å². The minimum absolute atomic E-state index is 0.0162. The Balaban J connectivity index is 1.93. The van der Waals surface area contributed by atoms with Crippen LogP contribution in [0.5, 0.6) is 0 Å². The number of likely N-dealkylation sites (tertiary alicyclic amines) is 1. The summed E-state index contributed by atoms with van der Waals surface area (Å²) >= 11 is 0. The minimum Gasteiger partial charge on any atom is -0.450 e. The lowest BCUT2D eigenvalue weighted by molar-refractivity contribution is 0.0753. The second kappa shape index (κ2) is 6.55. The molecule has 1 aliphatic heterocycles. The van der Waals surface area contributed by atoms with Crippen LogP contribution in [0.1, 0.15) is 35.7 Å². The smallest absolute Gasteiger partial charge is 0.409 e. The second-order valence-electron chi connectivity index (χ2n) is 5.19. The van der Waals surface area contributed by atoms with E-state index in [1.54, 1.807) is 11.8 Å². The predicted octanol–water partition coefficient (Wildman–Crippen LogP) is 3.05. The number of hydrogen-bond donors (Lipinski definition) is 0. The monoisotopic (exact) mass is 275 g/mol. The van der Waals surface area contributed by atoms with Crippen LogP contribution in [0.25, 0.3) is 0 Å². The summed E-state index contributed by atoms with van der Waals surface area (Å²) in [7, 11) is 0. The van der Waals surface area contributed by atoms with Crippen LogP contribution in [-0.2, 0) is 4.74 Å². The van der Waals surface area contributed by atoms with Crippen molar-refractivity contribution in [1.29, 1.82) is 0 Å². The van der Waals surface area contributed by atoms with Gasteiger partial charge in [-0.2, -0.15) is 0 Å². The number of benzene rings is 1. The maximum Gasteiger partial charge on any atom is 0.409 e. The molecular formula is C16H21NO3. The van der Waals surface area contributed by atoms with E-state index in [0.717, 1.165) is 11.1 Å². The van der Waals surface area contributed by atoms with Crippen LogP contribution < -0.4 is 0 Å². The normalized spacial score (nSPS) is 16.0. The number of ketones is 1. The molecule has 108 valence electrons. The first-order valence-electron chi connectivity index (χ1n) is 7.14. The number of Topliss-reactive ketones (excluding diaryl/α,β-unsaturated/α-hetero) is 1. The molecule has 1 saturated heterocycles. The Morgan fingerprint density at radius 1 is 1.30 bits per heavy atom. The Labute approximate surface area is 119 Å². The van der Waals surface area contributed by atoms with Gasteiger partial charge in [0.25, 0.3) is 0 Å². The number of piperidine rings is 1. The van der Waals surface area contributed by atoms with Gasteiger partial charge >= 0.3 is 6.09 Å². The Kier molecular flexibility index (Phi) is 4.77. The highest BCUT2D eigenvalue weighted by molar-refractivity contribution is 5.98. The van der Waals surface area contributed by atoms with Gasteiger partial charge in [-0.15, -0.1) is 0 Å². The Morgan fingerprint density at radius 3 is 2.60 bits per heavy atom. The van der Waals surface area contributed by atoms with Gasteiger partial charge in [0.1, 0.15) is 0 Å². The second-order valence-corrected chi connectivity index (χ2v) is 5.19. The van der Waals surface area contributed by atoms with Crippen molar-refractivity contribution in [3.05, 3.63) is 35.4 Å².